The maximum absolute atomic E-state index is 13.6. The van der Waals surface area contributed by atoms with E-state index in [1.165, 1.54) is 30.3 Å². The number of nitrogens with zero attached hydrogens (tertiary/aromatic N) is 1. The van der Waals surface area contributed by atoms with E-state index < -0.39 is 11.7 Å². The molecule has 1 aromatic heterocycles. The number of nitrogen functional groups attached to an aromatic ring is 1. The number of hydrogen-bond donors (Lipinski definition) is 2. The lowest BCUT2D eigenvalue weighted by Crippen LogP contribution is -2.16. The minimum atomic E-state index is -0.724. The first-order valence-electron chi connectivity index (χ1n) is 5.16. The van der Waals surface area contributed by atoms with Gasteiger partial charge in [0, 0.05) is 0 Å². The number of anilines is 2. The average molecular weight is 300 g/mol. The van der Waals surface area contributed by atoms with Crippen molar-refractivity contribution in [3.8, 4) is 0 Å². The second-order valence-corrected chi connectivity index (χ2v) is 4.44. The monoisotopic (exact) mass is 299 g/mol. The second kappa shape index (κ2) is 5.42. The van der Waals surface area contributed by atoms with Crippen LogP contribution in [0.5, 0.6) is 0 Å². The van der Waals surface area contributed by atoms with Crippen LogP contribution in [0.3, 0.4) is 0 Å². The van der Waals surface area contributed by atoms with Gasteiger partial charge in [0.2, 0.25) is 0 Å². The summed E-state index contributed by atoms with van der Waals surface area (Å²) in [6.07, 6.45) is 0. The quantitative estimate of drug-likeness (QED) is 0.893. The van der Waals surface area contributed by atoms with Crippen LogP contribution < -0.4 is 11.1 Å². The topological polar surface area (TPSA) is 68.0 Å². The van der Waals surface area contributed by atoms with Crippen LogP contribution in [0.4, 0.5) is 15.9 Å². The van der Waals surface area contributed by atoms with Crippen LogP contribution in [0, 0.1) is 5.82 Å². The molecule has 0 unspecified atom stereocenters. The molecule has 19 heavy (non-hydrogen) atoms. The Labute approximate surface area is 118 Å². The van der Waals surface area contributed by atoms with E-state index in [0.717, 1.165) is 0 Å². The lowest BCUT2D eigenvalue weighted by atomic mass is 10.2. The molecular formula is C12H8Cl2FN3O. The van der Waals surface area contributed by atoms with Crippen molar-refractivity contribution in [1.29, 1.82) is 0 Å². The minimum absolute atomic E-state index is 0.0576. The Hall–Kier alpha value is -1.85. The molecule has 4 nitrogen and oxygen atoms in total. The van der Waals surface area contributed by atoms with Gasteiger partial charge in [-0.2, -0.15) is 0 Å². The second-order valence-electron chi connectivity index (χ2n) is 3.62. The predicted molar refractivity (Wildman–Crippen MR) is 73.0 cm³/mol. The highest BCUT2D eigenvalue weighted by Gasteiger charge is 2.15. The Kier molecular flexibility index (Phi) is 3.87. The highest BCUT2D eigenvalue weighted by molar-refractivity contribution is 6.34. The molecule has 2 rings (SSSR count). The van der Waals surface area contributed by atoms with Gasteiger partial charge in [0.05, 0.1) is 15.7 Å². The average Bonchev–Trinajstić information content (AvgIpc) is 2.38. The van der Waals surface area contributed by atoms with E-state index in [1.807, 2.05) is 0 Å². The van der Waals surface area contributed by atoms with E-state index >= 15 is 0 Å². The molecule has 7 heteroatoms. The minimum Gasteiger partial charge on any atom is -0.384 e. The Bertz CT molecular complexity index is 649. The largest absolute Gasteiger partial charge is 0.384 e. The van der Waals surface area contributed by atoms with Gasteiger partial charge >= 0.3 is 0 Å². The van der Waals surface area contributed by atoms with Gasteiger partial charge in [-0.25, -0.2) is 9.37 Å². The molecule has 0 bridgehead atoms. The summed E-state index contributed by atoms with van der Waals surface area (Å²) in [4.78, 5) is 15.7. The summed E-state index contributed by atoms with van der Waals surface area (Å²) in [7, 11) is 0. The molecule has 1 aromatic carbocycles. The number of aromatic nitrogens is 1. The van der Waals surface area contributed by atoms with Gasteiger partial charge in [0.1, 0.15) is 11.5 Å². The van der Waals surface area contributed by atoms with Crippen LogP contribution in [-0.4, -0.2) is 10.9 Å². The molecule has 0 spiro atoms. The van der Waals surface area contributed by atoms with Crippen LogP contribution in [0.25, 0.3) is 0 Å². The normalized spacial score (nSPS) is 10.3. The number of halogens is 3. The van der Waals surface area contributed by atoms with Crippen LogP contribution in [0.15, 0.2) is 30.3 Å². The van der Waals surface area contributed by atoms with E-state index in [2.05, 4.69) is 10.3 Å². The number of pyridine rings is 1. The summed E-state index contributed by atoms with van der Waals surface area (Å²) in [6, 6.07) is 7.15. The van der Waals surface area contributed by atoms with Gasteiger partial charge in [-0.1, -0.05) is 29.3 Å². The molecule has 98 valence electrons. The molecule has 0 saturated heterocycles. The van der Waals surface area contributed by atoms with Gasteiger partial charge in [0.25, 0.3) is 5.91 Å². The fourth-order valence-corrected chi connectivity index (χ4v) is 1.76. The molecule has 0 aliphatic rings. The summed E-state index contributed by atoms with van der Waals surface area (Å²) >= 11 is 11.4. The highest BCUT2D eigenvalue weighted by atomic mass is 35.5. The maximum atomic E-state index is 13.6. The van der Waals surface area contributed by atoms with Gasteiger partial charge in [-0.3, -0.25) is 4.79 Å². The molecule has 1 heterocycles. The number of nitrogens with one attached hydrogen (secondary N) is 1. The summed E-state index contributed by atoms with van der Waals surface area (Å²) in [5, 5.41) is 2.36. The third kappa shape index (κ3) is 2.94. The molecule has 0 radical (unpaired) electrons. The lowest BCUT2D eigenvalue weighted by molar-refractivity contribution is 0.102. The number of carbonyl (C=O) groups excluding carboxylic acids is 1. The maximum Gasteiger partial charge on any atom is 0.275 e. The molecule has 2 aromatic rings. The summed E-state index contributed by atoms with van der Waals surface area (Å²) in [5.41, 5.74) is 5.33. The molecule has 1 amide bonds. The van der Waals surface area contributed by atoms with E-state index in [-0.39, 0.29) is 27.2 Å². The van der Waals surface area contributed by atoms with E-state index in [4.69, 9.17) is 28.9 Å². The van der Waals surface area contributed by atoms with Crippen LogP contribution in [0.1, 0.15) is 10.5 Å². The van der Waals surface area contributed by atoms with E-state index in [0.29, 0.717) is 0 Å². The predicted octanol–water partition coefficient (Wildman–Crippen LogP) is 3.36. The SMILES string of the molecule is Nc1ccc(Cl)c(C(=O)Nc2cccc(Cl)c2F)n1. The number of rotatable bonds is 2. The van der Waals surface area contributed by atoms with Crippen molar-refractivity contribution < 1.29 is 9.18 Å². The Morgan fingerprint density at radius 1 is 1.21 bits per heavy atom. The van der Waals surface area contributed by atoms with Crippen molar-refractivity contribution in [3.05, 3.63) is 51.9 Å². The Balaban J connectivity index is 2.31. The molecule has 0 aliphatic carbocycles. The first-order chi connectivity index (χ1) is 8.99. The smallest absolute Gasteiger partial charge is 0.275 e. The van der Waals surface area contributed by atoms with Gasteiger partial charge in [0.15, 0.2) is 5.82 Å². The standard InChI is InChI=1S/C12H8Cl2FN3O/c13-6-2-1-3-8(10(6)15)17-12(19)11-7(14)4-5-9(16)18-11/h1-5H,(H2,16,18)(H,17,19). The van der Waals surface area contributed by atoms with Gasteiger partial charge < -0.3 is 11.1 Å². The van der Waals surface area contributed by atoms with Gasteiger partial charge in [-0.05, 0) is 24.3 Å². The zero-order chi connectivity index (χ0) is 14.0. The Morgan fingerprint density at radius 3 is 2.68 bits per heavy atom. The first-order valence-corrected chi connectivity index (χ1v) is 5.92. The third-order valence-corrected chi connectivity index (χ3v) is 2.88. The van der Waals surface area contributed by atoms with Crippen molar-refractivity contribution >= 4 is 40.6 Å². The van der Waals surface area contributed by atoms with Gasteiger partial charge in [-0.15, -0.1) is 0 Å². The number of benzene rings is 1. The molecule has 0 saturated carbocycles. The van der Waals surface area contributed by atoms with Crippen LogP contribution in [0.2, 0.25) is 10.0 Å². The molecule has 0 atom stereocenters. The number of amides is 1. The number of hydrogen-bond acceptors (Lipinski definition) is 3. The number of carbonyl (C=O) groups is 1. The molecular weight excluding hydrogens is 292 g/mol. The first kappa shape index (κ1) is 13.6. The van der Waals surface area contributed by atoms with Crippen LogP contribution >= 0.6 is 23.2 Å². The zero-order valence-corrected chi connectivity index (χ0v) is 11.0. The van der Waals surface area contributed by atoms with Crippen molar-refractivity contribution in [2.75, 3.05) is 11.1 Å². The Morgan fingerprint density at radius 2 is 1.95 bits per heavy atom. The van der Waals surface area contributed by atoms with E-state index in [1.54, 1.807) is 0 Å². The molecule has 0 fully saturated rings. The zero-order valence-electron chi connectivity index (χ0n) is 9.45. The molecule has 0 aliphatic heterocycles. The van der Waals surface area contributed by atoms with Crippen molar-refractivity contribution in [3.63, 3.8) is 0 Å². The van der Waals surface area contributed by atoms with Crippen molar-refractivity contribution in [2.24, 2.45) is 0 Å². The summed E-state index contributed by atoms with van der Waals surface area (Å²) < 4.78 is 13.6. The molecule has 3 N–H and O–H groups in total. The highest BCUT2D eigenvalue weighted by Crippen LogP contribution is 2.23. The lowest BCUT2D eigenvalue weighted by Gasteiger charge is -2.08. The third-order valence-electron chi connectivity index (χ3n) is 2.28. The van der Waals surface area contributed by atoms with Crippen molar-refractivity contribution in [2.45, 2.75) is 0 Å². The number of nitrogens with two attached hydrogens (primary N) is 1. The van der Waals surface area contributed by atoms with Crippen LogP contribution in [-0.2, 0) is 0 Å². The van der Waals surface area contributed by atoms with Crippen molar-refractivity contribution in [1.82, 2.24) is 4.98 Å². The fraction of sp³-hybridized carbons (Fsp3) is 0. The van der Waals surface area contributed by atoms with E-state index in [9.17, 15) is 9.18 Å². The fourth-order valence-electron chi connectivity index (χ4n) is 1.40. The summed E-state index contributed by atoms with van der Waals surface area (Å²) in [5.74, 6) is -1.25. The summed E-state index contributed by atoms with van der Waals surface area (Å²) in [6.45, 7) is 0.